The molecule has 0 aliphatic carbocycles. The fourth-order valence-corrected chi connectivity index (χ4v) is 5.17. The van der Waals surface area contributed by atoms with Crippen LogP contribution >= 0.6 is 0 Å². The van der Waals surface area contributed by atoms with Gasteiger partial charge in [0.15, 0.2) is 0 Å². The lowest BCUT2D eigenvalue weighted by Gasteiger charge is -2.32. The molecule has 6 nitrogen and oxygen atoms in total. The highest BCUT2D eigenvalue weighted by molar-refractivity contribution is 6.07. The quantitative estimate of drug-likeness (QED) is 0.366. The Labute approximate surface area is 203 Å². The minimum atomic E-state index is 0.0675. The van der Waals surface area contributed by atoms with E-state index in [2.05, 4.69) is 28.3 Å². The molecule has 1 amide bonds. The molecule has 2 aromatic carbocycles. The summed E-state index contributed by atoms with van der Waals surface area (Å²) in [5.41, 5.74) is 5.70. The number of hydrogen-bond donors (Lipinski definition) is 1. The molecule has 0 spiro atoms. The predicted molar refractivity (Wildman–Crippen MR) is 138 cm³/mol. The molecule has 1 aliphatic rings. The molecule has 0 saturated carbocycles. The Morgan fingerprint density at radius 3 is 2.60 bits per heavy atom. The molecule has 4 heterocycles. The van der Waals surface area contributed by atoms with Gasteiger partial charge in [-0.2, -0.15) is 0 Å². The number of para-hydroxylation sites is 1. The number of ether oxygens (including phenoxy) is 1. The van der Waals surface area contributed by atoms with Gasteiger partial charge in [0.1, 0.15) is 5.75 Å². The monoisotopic (exact) mass is 462 g/mol. The van der Waals surface area contributed by atoms with Gasteiger partial charge in [0.05, 0.1) is 23.9 Å². The number of amides is 1. The summed E-state index contributed by atoms with van der Waals surface area (Å²) in [5, 5.41) is 2.09. The molecule has 0 atom stereocenters. The standard InChI is InChI=1S/C29H26N4O2/c1-35-21-6-7-26-23(16-21)25(18-31-26)19-10-14-33(15-11-19)29(34)24-17-28(20-8-12-30-13-9-20)32-27-5-3-2-4-22(24)27/h2-9,12-13,16-19,31H,10-11,14-15H2,1H3. The first kappa shape index (κ1) is 21.4. The van der Waals surface area contributed by atoms with Crippen molar-refractivity contribution in [3.8, 4) is 17.0 Å². The number of aromatic nitrogens is 3. The minimum Gasteiger partial charge on any atom is -0.497 e. The number of fused-ring (bicyclic) bond motifs is 2. The Balaban J connectivity index is 1.27. The van der Waals surface area contributed by atoms with E-state index in [-0.39, 0.29) is 5.91 Å². The largest absolute Gasteiger partial charge is 0.497 e. The summed E-state index contributed by atoms with van der Waals surface area (Å²) < 4.78 is 5.43. The zero-order valence-corrected chi connectivity index (χ0v) is 19.6. The van der Waals surface area contributed by atoms with Crippen molar-refractivity contribution < 1.29 is 9.53 Å². The van der Waals surface area contributed by atoms with Crippen LogP contribution in [0.15, 0.2) is 79.3 Å². The van der Waals surface area contributed by atoms with E-state index < -0.39 is 0 Å². The van der Waals surface area contributed by atoms with Crippen LogP contribution < -0.4 is 4.74 Å². The van der Waals surface area contributed by atoms with Crippen LogP contribution in [0, 0.1) is 0 Å². The Hall–Kier alpha value is -4.19. The second-order valence-electron chi connectivity index (χ2n) is 9.03. The van der Waals surface area contributed by atoms with E-state index in [0.717, 1.165) is 59.4 Å². The number of carbonyl (C=O) groups excluding carboxylic acids is 1. The van der Waals surface area contributed by atoms with Crippen molar-refractivity contribution in [1.29, 1.82) is 0 Å². The summed E-state index contributed by atoms with van der Waals surface area (Å²) in [5.74, 6) is 1.33. The van der Waals surface area contributed by atoms with Gasteiger partial charge >= 0.3 is 0 Å². The Morgan fingerprint density at radius 2 is 1.80 bits per heavy atom. The molecule has 1 aliphatic heterocycles. The lowest BCUT2D eigenvalue weighted by molar-refractivity contribution is 0.0715. The van der Waals surface area contributed by atoms with Gasteiger partial charge in [0.25, 0.3) is 5.91 Å². The number of hydrogen-bond acceptors (Lipinski definition) is 4. The van der Waals surface area contributed by atoms with Gasteiger partial charge in [-0.3, -0.25) is 9.78 Å². The van der Waals surface area contributed by atoms with Gasteiger partial charge in [-0.1, -0.05) is 18.2 Å². The number of pyridine rings is 2. The number of nitrogens with one attached hydrogen (secondary N) is 1. The van der Waals surface area contributed by atoms with Gasteiger partial charge in [0, 0.05) is 53.5 Å². The molecule has 1 fully saturated rings. The van der Waals surface area contributed by atoms with E-state index in [1.54, 1.807) is 19.5 Å². The number of carbonyl (C=O) groups is 1. The van der Waals surface area contributed by atoms with Crippen LogP contribution in [0.25, 0.3) is 33.1 Å². The predicted octanol–water partition coefficient (Wildman–Crippen LogP) is 5.81. The lowest BCUT2D eigenvalue weighted by atomic mass is 9.88. The molecule has 6 rings (SSSR count). The molecule has 174 valence electrons. The van der Waals surface area contributed by atoms with Crippen molar-refractivity contribution in [2.45, 2.75) is 18.8 Å². The number of piperidine rings is 1. The Morgan fingerprint density at radius 1 is 1.00 bits per heavy atom. The van der Waals surface area contributed by atoms with Crippen LogP contribution in [0.2, 0.25) is 0 Å². The van der Waals surface area contributed by atoms with Gasteiger partial charge in [-0.05, 0) is 66.8 Å². The van der Waals surface area contributed by atoms with E-state index in [1.807, 2.05) is 53.4 Å². The zero-order valence-electron chi connectivity index (χ0n) is 19.6. The highest BCUT2D eigenvalue weighted by Crippen LogP contribution is 2.35. The fraction of sp³-hybridized carbons (Fsp3) is 0.207. The average Bonchev–Trinajstić information content (AvgIpc) is 3.36. The maximum Gasteiger partial charge on any atom is 0.254 e. The zero-order chi connectivity index (χ0) is 23.8. The third-order valence-corrected chi connectivity index (χ3v) is 7.07. The van der Waals surface area contributed by atoms with Crippen molar-refractivity contribution in [1.82, 2.24) is 19.9 Å². The number of aromatic amines is 1. The molecule has 6 heteroatoms. The maximum atomic E-state index is 13.7. The Bertz CT molecular complexity index is 1520. The number of likely N-dealkylation sites (tertiary alicyclic amines) is 1. The van der Waals surface area contributed by atoms with E-state index in [4.69, 9.17) is 9.72 Å². The van der Waals surface area contributed by atoms with Gasteiger partial charge in [-0.15, -0.1) is 0 Å². The first-order chi connectivity index (χ1) is 17.2. The molecule has 5 aromatic rings. The van der Waals surface area contributed by atoms with Crippen LogP contribution in [0.4, 0.5) is 0 Å². The number of methoxy groups -OCH3 is 1. The van der Waals surface area contributed by atoms with Gasteiger partial charge < -0.3 is 14.6 Å². The summed E-state index contributed by atoms with van der Waals surface area (Å²) in [6.07, 6.45) is 7.47. The van der Waals surface area contributed by atoms with Crippen molar-refractivity contribution in [3.05, 3.63) is 90.4 Å². The minimum absolute atomic E-state index is 0.0675. The summed E-state index contributed by atoms with van der Waals surface area (Å²) in [7, 11) is 1.69. The molecule has 0 radical (unpaired) electrons. The van der Waals surface area contributed by atoms with Crippen LogP contribution in [-0.2, 0) is 0 Å². The number of rotatable bonds is 4. The summed E-state index contributed by atoms with van der Waals surface area (Å²) in [6.45, 7) is 1.45. The summed E-state index contributed by atoms with van der Waals surface area (Å²) >= 11 is 0. The first-order valence-electron chi connectivity index (χ1n) is 12.0. The highest BCUT2D eigenvalue weighted by atomic mass is 16.5. The smallest absolute Gasteiger partial charge is 0.254 e. The van der Waals surface area contributed by atoms with Crippen LogP contribution in [0.3, 0.4) is 0 Å². The molecule has 35 heavy (non-hydrogen) atoms. The maximum absolute atomic E-state index is 13.7. The third kappa shape index (κ3) is 3.91. The lowest BCUT2D eigenvalue weighted by Crippen LogP contribution is -2.38. The van der Waals surface area contributed by atoms with Crippen molar-refractivity contribution >= 4 is 27.7 Å². The third-order valence-electron chi connectivity index (χ3n) is 7.07. The highest BCUT2D eigenvalue weighted by Gasteiger charge is 2.27. The molecule has 1 N–H and O–H groups in total. The van der Waals surface area contributed by atoms with Crippen molar-refractivity contribution in [2.75, 3.05) is 20.2 Å². The second-order valence-corrected chi connectivity index (χ2v) is 9.03. The van der Waals surface area contributed by atoms with Crippen LogP contribution in [-0.4, -0.2) is 46.0 Å². The SMILES string of the molecule is COc1ccc2[nH]cc(C3CCN(C(=O)c4cc(-c5ccncc5)nc5ccccc45)CC3)c2c1. The van der Waals surface area contributed by atoms with Gasteiger partial charge in [-0.25, -0.2) is 4.98 Å². The first-order valence-corrected chi connectivity index (χ1v) is 12.0. The molecule has 3 aromatic heterocycles. The fourth-order valence-electron chi connectivity index (χ4n) is 5.17. The van der Waals surface area contributed by atoms with E-state index in [9.17, 15) is 4.79 Å². The molecule has 0 bridgehead atoms. The summed E-state index contributed by atoms with van der Waals surface area (Å²) in [6, 6.07) is 19.8. The van der Waals surface area contributed by atoms with Crippen molar-refractivity contribution in [3.63, 3.8) is 0 Å². The molecular formula is C29H26N4O2. The number of H-pyrrole nitrogens is 1. The molecule has 0 unspecified atom stereocenters. The second kappa shape index (κ2) is 8.87. The van der Waals surface area contributed by atoms with E-state index >= 15 is 0 Å². The average molecular weight is 463 g/mol. The van der Waals surface area contributed by atoms with Crippen LogP contribution in [0.5, 0.6) is 5.75 Å². The topological polar surface area (TPSA) is 71.1 Å². The van der Waals surface area contributed by atoms with E-state index in [1.165, 1.54) is 10.9 Å². The number of nitrogens with zero attached hydrogens (tertiary/aromatic N) is 3. The van der Waals surface area contributed by atoms with Crippen molar-refractivity contribution in [2.24, 2.45) is 0 Å². The molecule has 1 saturated heterocycles. The van der Waals surface area contributed by atoms with Crippen LogP contribution in [0.1, 0.15) is 34.7 Å². The Kier molecular flexibility index (Phi) is 5.41. The molecular weight excluding hydrogens is 436 g/mol. The van der Waals surface area contributed by atoms with Gasteiger partial charge in [0.2, 0.25) is 0 Å². The number of benzene rings is 2. The van der Waals surface area contributed by atoms with E-state index in [0.29, 0.717) is 11.5 Å². The summed E-state index contributed by atoms with van der Waals surface area (Å²) in [4.78, 5) is 28.0. The normalized spacial score (nSPS) is 14.5.